The number of nitrogens with zero attached hydrogens (tertiary/aromatic N) is 6. The second-order valence-electron chi connectivity index (χ2n) is 10.3. The lowest BCUT2D eigenvalue weighted by atomic mass is 9.92. The first-order chi connectivity index (χ1) is 18.7. The van der Waals surface area contributed by atoms with E-state index in [2.05, 4.69) is 82.9 Å². The van der Waals surface area contributed by atoms with E-state index in [-0.39, 0.29) is 35.1 Å². The molecule has 0 aliphatic carbocycles. The van der Waals surface area contributed by atoms with Crippen LogP contribution in [0.2, 0.25) is 5.02 Å². The number of fused-ring (bicyclic) bond motifs is 1. The molecule has 3 atom stereocenters. The van der Waals surface area contributed by atoms with Gasteiger partial charge in [-0.05, 0) is 56.2 Å². The molecule has 1 fully saturated rings. The number of anilines is 1. The second-order valence-corrected chi connectivity index (χ2v) is 10.7. The maximum atomic E-state index is 13.2. The van der Waals surface area contributed by atoms with Crippen LogP contribution in [0.15, 0.2) is 65.5 Å². The van der Waals surface area contributed by atoms with E-state index in [9.17, 15) is 10.1 Å². The summed E-state index contributed by atoms with van der Waals surface area (Å²) in [6.07, 6.45) is 0. The fourth-order valence-corrected chi connectivity index (χ4v) is 5.75. The van der Waals surface area contributed by atoms with Crippen molar-refractivity contribution < 1.29 is 0 Å². The highest BCUT2D eigenvalue weighted by Crippen LogP contribution is 2.37. The molecule has 196 valence electrons. The molecule has 1 saturated heterocycles. The minimum Gasteiger partial charge on any atom is -0.361 e. The molecule has 2 aromatic heterocycles. The Morgan fingerprint density at radius 2 is 1.67 bits per heavy atom. The number of piperazine rings is 1. The molecule has 0 saturated carbocycles. The fourth-order valence-electron chi connectivity index (χ4n) is 5.62. The Morgan fingerprint density at radius 3 is 2.28 bits per heavy atom. The first kappa shape index (κ1) is 26.4. The molecule has 39 heavy (non-hydrogen) atoms. The van der Waals surface area contributed by atoms with Crippen molar-refractivity contribution in [3.63, 3.8) is 0 Å². The number of hydrogen-bond acceptors (Lipinski definition) is 5. The van der Waals surface area contributed by atoms with Crippen LogP contribution in [0.3, 0.4) is 0 Å². The van der Waals surface area contributed by atoms with Crippen molar-refractivity contribution in [2.45, 2.75) is 38.9 Å². The van der Waals surface area contributed by atoms with Crippen molar-refractivity contribution in [2.75, 3.05) is 18.0 Å². The summed E-state index contributed by atoms with van der Waals surface area (Å²) in [6, 6.07) is 22.1. The van der Waals surface area contributed by atoms with Crippen molar-refractivity contribution in [2.24, 2.45) is 7.05 Å². The summed E-state index contributed by atoms with van der Waals surface area (Å²) in [5.74, 6) is 0.229. The van der Waals surface area contributed by atoms with E-state index in [1.807, 2.05) is 12.1 Å². The fraction of sp³-hybridized carbons (Fsp3) is 0.290. The summed E-state index contributed by atoms with van der Waals surface area (Å²) in [5.41, 5.74) is 4.85. The number of benzene rings is 2. The van der Waals surface area contributed by atoms with Crippen molar-refractivity contribution >= 4 is 34.1 Å². The maximum absolute atomic E-state index is 13.2. The van der Waals surface area contributed by atoms with E-state index in [1.165, 1.54) is 15.7 Å². The van der Waals surface area contributed by atoms with Crippen LogP contribution in [0.25, 0.3) is 15.9 Å². The zero-order valence-electron chi connectivity index (χ0n) is 22.4. The van der Waals surface area contributed by atoms with Gasteiger partial charge in [0.05, 0.1) is 11.6 Å². The third kappa shape index (κ3) is 4.76. The van der Waals surface area contributed by atoms with Gasteiger partial charge in [0, 0.05) is 37.2 Å². The van der Waals surface area contributed by atoms with Gasteiger partial charge in [0.15, 0.2) is 0 Å². The molecule has 0 bridgehead atoms. The highest BCUT2D eigenvalue weighted by Gasteiger charge is 2.37. The average molecular weight is 537 g/mol. The van der Waals surface area contributed by atoms with Crippen molar-refractivity contribution in [1.82, 2.24) is 14.5 Å². The van der Waals surface area contributed by atoms with Crippen LogP contribution < -0.4 is 10.5 Å². The van der Waals surface area contributed by atoms with Gasteiger partial charge in [0.1, 0.15) is 17.3 Å². The number of halogens is 1. The topological polar surface area (TPSA) is 69.5 Å². The van der Waals surface area contributed by atoms with Gasteiger partial charge in [-0.15, -0.1) is 4.98 Å². The van der Waals surface area contributed by atoms with Gasteiger partial charge in [-0.25, -0.2) is 0 Å². The molecule has 0 spiro atoms. The van der Waals surface area contributed by atoms with E-state index < -0.39 is 0 Å². The van der Waals surface area contributed by atoms with Crippen LogP contribution in [0.4, 0.5) is 11.5 Å². The minimum absolute atomic E-state index is 0.00475. The molecule has 0 radical (unpaired) electrons. The van der Waals surface area contributed by atoms with E-state index in [4.69, 9.17) is 18.2 Å². The lowest BCUT2D eigenvalue weighted by molar-refractivity contribution is 0.130. The van der Waals surface area contributed by atoms with Crippen molar-refractivity contribution in [3.05, 3.63) is 110 Å². The molecule has 8 heteroatoms. The summed E-state index contributed by atoms with van der Waals surface area (Å²) in [6.45, 7) is 15.1. The molecule has 0 amide bonds. The number of pyridine rings is 2. The molecule has 2 aromatic carbocycles. The van der Waals surface area contributed by atoms with E-state index >= 15 is 0 Å². The predicted molar refractivity (Wildman–Crippen MR) is 155 cm³/mol. The normalized spacial score (nSPS) is 18.5. The summed E-state index contributed by atoms with van der Waals surface area (Å²) in [5, 5.41) is 10.8. The third-order valence-electron chi connectivity index (χ3n) is 7.66. The number of rotatable bonds is 4. The molecule has 1 aliphatic rings. The molecule has 1 unspecified atom stereocenters. The summed E-state index contributed by atoms with van der Waals surface area (Å²) < 4.78 is 1.44. The molecule has 3 heterocycles. The predicted octanol–water partition coefficient (Wildman–Crippen LogP) is 6.01. The molecule has 1 aliphatic heterocycles. The quantitative estimate of drug-likeness (QED) is 0.299. The van der Waals surface area contributed by atoms with Crippen LogP contribution >= 0.6 is 11.6 Å². The van der Waals surface area contributed by atoms with Crippen molar-refractivity contribution in [1.29, 1.82) is 5.26 Å². The van der Waals surface area contributed by atoms with Gasteiger partial charge in [-0.1, -0.05) is 60.1 Å². The standard InChI is InChI=1S/C31H29ClN6O/c1-19-6-8-22(9-7-19)29(23-10-12-24(32)13-11-23)37-17-21(3)38(18-20(37)2)30-25(16-33)31(39)36(5)26-14-15-27(34-4)35-28(26)30/h6-15,20-21,29H,17-18H2,1-3,5H3/t20-,21+,29?/m1/s1. The number of aryl methyl sites for hydroxylation is 2. The second kappa shape index (κ2) is 10.5. The van der Waals surface area contributed by atoms with Crippen molar-refractivity contribution in [3.8, 4) is 6.07 Å². The van der Waals surface area contributed by atoms with Crippen LogP contribution in [-0.4, -0.2) is 39.6 Å². The highest BCUT2D eigenvalue weighted by molar-refractivity contribution is 6.30. The maximum Gasteiger partial charge on any atom is 0.271 e. The first-order valence-electron chi connectivity index (χ1n) is 12.9. The van der Waals surface area contributed by atoms with Gasteiger partial charge in [-0.2, -0.15) is 5.26 Å². The summed E-state index contributed by atoms with van der Waals surface area (Å²) in [7, 11) is 1.64. The molecular formula is C31H29ClN6O. The first-order valence-corrected chi connectivity index (χ1v) is 13.3. The van der Waals surface area contributed by atoms with E-state index in [0.717, 1.165) is 5.56 Å². The van der Waals surface area contributed by atoms with Gasteiger partial charge < -0.3 is 14.3 Å². The zero-order valence-corrected chi connectivity index (χ0v) is 23.1. The Bertz CT molecular complexity index is 1640. The molecule has 5 rings (SSSR count). The third-order valence-corrected chi connectivity index (χ3v) is 7.91. The molecule has 0 N–H and O–H groups in total. The monoisotopic (exact) mass is 536 g/mol. The molecule has 7 nitrogen and oxygen atoms in total. The molecular weight excluding hydrogens is 508 g/mol. The summed E-state index contributed by atoms with van der Waals surface area (Å²) in [4.78, 5) is 25.9. The number of aromatic nitrogens is 2. The minimum atomic E-state index is -0.363. The Morgan fingerprint density at radius 1 is 1.03 bits per heavy atom. The Labute approximate surface area is 233 Å². The number of hydrogen-bond donors (Lipinski definition) is 0. The van der Waals surface area contributed by atoms with Gasteiger partial charge in [0.25, 0.3) is 11.4 Å². The van der Waals surface area contributed by atoms with E-state index in [0.29, 0.717) is 34.8 Å². The molecule has 4 aromatic rings. The number of nitriles is 1. The van der Waals surface area contributed by atoms with Gasteiger partial charge in [0.2, 0.25) is 5.52 Å². The van der Waals surface area contributed by atoms with Gasteiger partial charge in [-0.3, -0.25) is 9.69 Å². The lowest BCUT2D eigenvalue weighted by Gasteiger charge is -2.48. The SMILES string of the molecule is [C-]#[N+]c1ccc2c(n1)c(N1C[C@@H](C)N(C(c3ccc(C)cc3)c3ccc(Cl)cc3)C[C@@H]1C)c(C#N)c(=O)n2C. The summed E-state index contributed by atoms with van der Waals surface area (Å²) >= 11 is 6.23. The van der Waals surface area contributed by atoms with Crippen LogP contribution in [0.1, 0.15) is 42.1 Å². The highest BCUT2D eigenvalue weighted by atomic mass is 35.5. The van der Waals surface area contributed by atoms with Crippen LogP contribution in [0, 0.1) is 24.8 Å². The largest absolute Gasteiger partial charge is 0.361 e. The Balaban J connectivity index is 1.61. The van der Waals surface area contributed by atoms with Crippen LogP contribution in [0.5, 0.6) is 0 Å². The Kier molecular flexibility index (Phi) is 7.14. The van der Waals surface area contributed by atoms with Gasteiger partial charge >= 0.3 is 0 Å². The smallest absolute Gasteiger partial charge is 0.271 e. The van der Waals surface area contributed by atoms with Crippen LogP contribution in [-0.2, 0) is 7.05 Å². The Hall–Kier alpha value is -4.17. The lowest BCUT2D eigenvalue weighted by Crippen LogP contribution is -2.58. The zero-order chi connectivity index (χ0) is 27.8. The van der Waals surface area contributed by atoms with E-state index in [1.54, 1.807) is 19.2 Å². The average Bonchev–Trinajstić information content (AvgIpc) is 2.94.